The van der Waals surface area contributed by atoms with Gasteiger partial charge in [-0.1, -0.05) is 48.5 Å². The molecular weight excluding hydrogens is 284 g/mol. The number of carbonyl (C=O) groups excluding carboxylic acids is 1. The Kier molecular flexibility index (Phi) is 4.20. The van der Waals surface area contributed by atoms with Gasteiger partial charge < -0.3 is 4.90 Å². The Morgan fingerprint density at radius 1 is 0.957 bits per heavy atom. The van der Waals surface area contributed by atoms with Crippen molar-refractivity contribution in [1.29, 1.82) is 0 Å². The van der Waals surface area contributed by atoms with Crippen LogP contribution in [-0.4, -0.2) is 28.6 Å². The zero-order chi connectivity index (χ0) is 16.4. The fourth-order valence-electron chi connectivity index (χ4n) is 3.18. The second kappa shape index (κ2) is 6.29. The minimum Gasteiger partial charge on any atom is -0.325 e. The first-order valence-corrected chi connectivity index (χ1v) is 8.13. The van der Waals surface area contributed by atoms with Crippen molar-refractivity contribution in [2.24, 2.45) is 0 Å². The number of amides is 1. The summed E-state index contributed by atoms with van der Waals surface area (Å²) in [5.74, 6) is 0. The van der Waals surface area contributed by atoms with Crippen LogP contribution in [0.2, 0.25) is 0 Å². The summed E-state index contributed by atoms with van der Waals surface area (Å²) in [6.07, 6.45) is 0. The normalized spacial score (nSPS) is 10.9. The van der Waals surface area contributed by atoms with Crippen molar-refractivity contribution in [2.75, 3.05) is 13.1 Å². The van der Waals surface area contributed by atoms with Crippen LogP contribution in [0, 0.1) is 6.92 Å². The van der Waals surface area contributed by atoms with Crippen molar-refractivity contribution in [2.45, 2.75) is 20.8 Å². The van der Waals surface area contributed by atoms with Crippen LogP contribution >= 0.6 is 0 Å². The van der Waals surface area contributed by atoms with Gasteiger partial charge in [-0.3, -0.25) is 4.57 Å². The fraction of sp³-hybridized carbons (Fsp3) is 0.250. The lowest BCUT2D eigenvalue weighted by atomic mass is 10.1. The van der Waals surface area contributed by atoms with Gasteiger partial charge >= 0.3 is 6.03 Å². The molecule has 0 spiro atoms. The molecule has 0 radical (unpaired) electrons. The van der Waals surface area contributed by atoms with E-state index in [0.717, 1.165) is 27.7 Å². The van der Waals surface area contributed by atoms with E-state index < -0.39 is 0 Å². The molecule has 0 atom stereocenters. The largest absolute Gasteiger partial charge is 0.329 e. The smallest absolute Gasteiger partial charge is 0.325 e. The van der Waals surface area contributed by atoms with Crippen LogP contribution in [0.1, 0.15) is 19.4 Å². The average Bonchev–Trinajstić information content (AvgIpc) is 2.90. The van der Waals surface area contributed by atoms with Crippen LogP contribution in [-0.2, 0) is 0 Å². The molecule has 2 aromatic carbocycles. The highest BCUT2D eigenvalue weighted by Gasteiger charge is 2.22. The Balaban J connectivity index is 2.32. The maximum atomic E-state index is 13.1. The van der Waals surface area contributed by atoms with Crippen LogP contribution in [0.25, 0.3) is 22.2 Å². The molecule has 1 heterocycles. The van der Waals surface area contributed by atoms with Gasteiger partial charge in [-0.15, -0.1) is 0 Å². The minimum atomic E-state index is 0.0400. The molecule has 0 bridgehead atoms. The zero-order valence-corrected chi connectivity index (χ0v) is 13.9. The van der Waals surface area contributed by atoms with E-state index in [1.165, 1.54) is 0 Å². The van der Waals surface area contributed by atoms with E-state index >= 15 is 0 Å². The molecule has 3 rings (SSSR count). The molecule has 0 aliphatic heterocycles. The van der Waals surface area contributed by atoms with E-state index in [-0.39, 0.29) is 6.03 Å². The summed E-state index contributed by atoms with van der Waals surface area (Å²) in [7, 11) is 0. The summed E-state index contributed by atoms with van der Waals surface area (Å²) < 4.78 is 1.87. The van der Waals surface area contributed by atoms with Crippen molar-refractivity contribution in [3.05, 3.63) is 60.2 Å². The van der Waals surface area contributed by atoms with Gasteiger partial charge in [-0.2, -0.15) is 0 Å². The SMILES string of the molecule is CCN(CC)C(=O)n1c(-c2ccccc2)c(C)c2ccccc21. The van der Waals surface area contributed by atoms with Crippen LogP contribution in [0.4, 0.5) is 4.79 Å². The maximum Gasteiger partial charge on any atom is 0.329 e. The van der Waals surface area contributed by atoms with E-state index in [4.69, 9.17) is 0 Å². The number of hydrogen-bond donors (Lipinski definition) is 0. The third kappa shape index (κ3) is 2.52. The second-order valence-electron chi connectivity index (χ2n) is 5.65. The van der Waals surface area contributed by atoms with Gasteiger partial charge in [0, 0.05) is 18.5 Å². The molecule has 0 fully saturated rings. The molecule has 0 saturated heterocycles. The Labute approximate surface area is 137 Å². The number of hydrogen-bond acceptors (Lipinski definition) is 1. The number of benzene rings is 2. The molecular formula is C20H22N2O. The first-order chi connectivity index (χ1) is 11.2. The number of carbonyl (C=O) groups is 1. The van der Waals surface area contributed by atoms with Gasteiger partial charge in [-0.25, -0.2) is 4.79 Å². The fourth-order valence-corrected chi connectivity index (χ4v) is 3.18. The molecule has 23 heavy (non-hydrogen) atoms. The highest BCUT2D eigenvalue weighted by Crippen LogP contribution is 2.33. The van der Waals surface area contributed by atoms with E-state index in [9.17, 15) is 4.79 Å². The second-order valence-corrected chi connectivity index (χ2v) is 5.65. The van der Waals surface area contributed by atoms with Crippen LogP contribution in [0.3, 0.4) is 0 Å². The third-order valence-electron chi connectivity index (χ3n) is 4.40. The summed E-state index contributed by atoms with van der Waals surface area (Å²) >= 11 is 0. The number of aryl methyl sites for hydroxylation is 1. The number of nitrogens with zero attached hydrogens (tertiary/aromatic N) is 2. The molecule has 3 nitrogen and oxygen atoms in total. The predicted molar refractivity (Wildman–Crippen MR) is 95.8 cm³/mol. The van der Waals surface area contributed by atoms with E-state index in [1.807, 2.05) is 59.7 Å². The Hall–Kier alpha value is -2.55. The van der Waals surface area contributed by atoms with Crippen molar-refractivity contribution < 1.29 is 4.79 Å². The molecule has 0 unspecified atom stereocenters. The van der Waals surface area contributed by atoms with E-state index in [2.05, 4.69) is 25.1 Å². The zero-order valence-electron chi connectivity index (χ0n) is 13.9. The lowest BCUT2D eigenvalue weighted by Gasteiger charge is -2.21. The molecule has 118 valence electrons. The molecule has 0 N–H and O–H groups in total. The Bertz CT molecular complexity index is 829. The summed E-state index contributed by atoms with van der Waals surface area (Å²) in [6, 6.07) is 18.3. The summed E-state index contributed by atoms with van der Waals surface area (Å²) in [6.45, 7) is 7.53. The minimum absolute atomic E-state index is 0.0400. The van der Waals surface area contributed by atoms with Gasteiger partial charge in [0.15, 0.2) is 0 Å². The summed E-state index contributed by atoms with van der Waals surface area (Å²) in [5.41, 5.74) is 4.18. The Morgan fingerprint density at radius 3 is 2.22 bits per heavy atom. The van der Waals surface area contributed by atoms with Gasteiger partial charge in [0.05, 0.1) is 11.2 Å². The lowest BCUT2D eigenvalue weighted by molar-refractivity contribution is 0.206. The maximum absolute atomic E-state index is 13.1. The summed E-state index contributed by atoms with van der Waals surface area (Å²) in [5, 5.41) is 1.13. The van der Waals surface area contributed by atoms with Crippen LogP contribution in [0.5, 0.6) is 0 Å². The topological polar surface area (TPSA) is 25.2 Å². The highest BCUT2D eigenvalue weighted by molar-refractivity contribution is 6.00. The number of rotatable bonds is 3. The Morgan fingerprint density at radius 2 is 1.57 bits per heavy atom. The monoisotopic (exact) mass is 306 g/mol. The van der Waals surface area contributed by atoms with E-state index in [1.54, 1.807) is 0 Å². The number of fused-ring (bicyclic) bond motifs is 1. The molecule has 1 amide bonds. The number of para-hydroxylation sites is 1. The van der Waals surface area contributed by atoms with Crippen molar-refractivity contribution in [1.82, 2.24) is 9.47 Å². The third-order valence-corrected chi connectivity index (χ3v) is 4.40. The first kappa shape index (κ1) is 15.3. The lowest BCUT2D eigenvalue weighted by Crippen LogP contribution is -2.34. The van der Waals surface area contributed by atoms with Gasteiger partial charge in [0.25, 0.3) is 0 Å². The van der Waals surface area contributed by atoms with Gasteiger partial charge in [-0.05, 0) is 38.0 Å². The molecule has 1 aromatic heterocycles. The van der Waals surface area contributed by atoms with E-state index in [0.29, 0.717) is 13.1 Å². The standard InChI is InChI=1S/C20H22N2O/c1-4-21(5-2)20(23)22-18-14-10-9-13-17(18)15(3)19(22)16-11-7-6-8-12-16/h6-14H,4-5H2,1-3H3. The molecule has 3 heteroatoms. The van der Waals surface area contributed by atoms with Gasteiger partial charge in [0.1, 0.15) is 0 Å². The predicted octanol–water partition coefficient (Wildman–Crippen LogP) is 4.93. The van der Waals surface area contributed by atoms with Crippen LogP contribution < -0.4 is 0 Å². The molecule has 3 aromatic rings. The molecule has 0 aliphatic carbocycles. The van der Waals surface area contributed by atoms with Crippen molar-refractivity contribution in [3.8, 4) is 11.3 Å². The first-order valence-electron chi connectivity index (χ1n) is 8.13. The quantitative estimate of drug-likeness (QED) is 0.673. The summed E-state index contributed by atoms with van der Waals surface area (Å²) in [4.78, 5) is 15.0. The van der Waals surface area contributed by atoms with Gasteiger partial charge in [0.2, 0.25) is 0 Å². The molecule has 0 saturated carbocycles. The van der Waals surface area contributed by atoms with Crippen molar-refractivity contribution >= 4 is 16.9 Å². The average molecular weight is 306 g/mol. The number of aromatic nitrogens is 1. The highest BCUT2D eigenvalue weighted by atomic mass is 16.2. The molecule has 0 aliphatic rings. The van der Waals surface area contributed by atoms with Crippen LogP contribution in [0.15, 0.2) is 54.6 Å². The van der Waals surface area contributed by atoms with Crippen molar-refractivity contribution in [3.63, 3.8) is 0 Å².